The first-order valence-electron chi connectivity index (χ1n) is 5.46. The second kappa shape index (κ2) is 4.99. The zero-order valence-electron chi connectivity index (χ0n) is 10.6. The Morgan fingerprint density at radius 1 is 1.65 bits per heavy atom. The van der Waals surface area contributed by atoms with Crippen molar-refractivity contribution in [1.82, 2.24) is 9.78 Å². The molecule has 1 heterocycles. The molecular weight excluding hydrogens is 220 g/mol. The molecule has 1 rings (SSSR count). The van der Waals surface area contributed by atoms with Gasteiger partial charge in [0.2, 0.25) is 5.82 Å². The molecule has 0 unspecified atom stereocenters. The summed E-state index contributed by atoms with van der Waals surface area (Å²) in [4.78, 5) is 10.6. The van der Waals surface area contributed by atoms with Crippen LogP contribution in [0.4, 0.5) is 11.5 Å². The molecule has 1 aromatic heterocycles. The van der Waals surface area contributed by atoms with Crippen molar-refractivity contribution in [2.45, 2.75) is 33.7 Å². The van der Waals surface area contributed by atoms with Gasteiger partial charge >= 0.3 is 5.69 Å². The first-order valence-corrected chi connectivity index (χ1v) is 5.46. The smallest absolute Gasteiger partial charge is 0.333 e. The van der Waals surface area contributed by atoms with Crippen LogP contribution in [0.15, 0.2) is 12.2 Å². The van der Waals surface area contributed by atoms with Gasteiger partial charge in [0.05, 0.1) is 4.92 Å². The fourth-order valence-electron chi connectivity index (χ4n) is 1.53. The van der Waals surface area contributed by atoms with Crippen LogP contribution in [0.3, 0.4) is 0 Å². The van der Waals surface area contributed by atoms with Gasteiger partial charge in [-0.15, -0.1) is 0 Å². The summed E-state index contributed by atoms with van der Waals surface area (Å²) in [6, 6.07) is 0.0648. The van der Waals surface area contributed by atoms with Crippen LogP contribution in [0.5, 0.6) is 0 Å². The summed E-state index contributed by atoms with van der Waals surface area (Å²) < 4.78 is 1.64. The molecule has 17 heavy (non-hydrogen) atoms. The average molecular weight is 238 g/mol. The van der Waals surface area contributed by atoms with E-state index in [1.54, 1.807) is 11.6 Å². The molecule has 0 aliphatic rings. The van der Waals surface area contributed by atoms with Crippen molar-refractivity contribution >= 4 is 11.5 Å². The van der Waals surface area contributed by atoms with Crippen LogP contribution >= 0.6 is 0 Å². The zero-order chi connectivity index (χ0) is 13.2. The van der Waals surface area contributed by atoms with Crippen LogP contribution in [-0.4, -0.2) is 21.2 Å². The van der Waals surface area contributed by atoms with E-state index < -0.39 is 4.92 Å². The van der Waals surface area contributed by atoms with E-state index in [0.29, 0.717) is 18.1 Å². The van der Waals surface area contributed by atoms with E-state index in [0.717, 1.165) is 5.57 Å². The Labute approximate surface area is 100 Å². The maximum Gasteiger partial charge on any atom is 0.333 e. The lowest BCUT2D eigenvalue weighted by molar-refractivity contribution is -0.384. The van der Waals surface area contributed by atoms with Crippen LogP contribution in [0.25, 0.3) is 0 Å². The molecule has 6 nitrogen and oxygen atoms in total. The van der Waals surface area contributed by atoms with Gasteiger partial charge in [0.1, 0.15) is 5.69 Å². The lowest BCUT2D eigenvalue weighted by Crippen LogP contribution is -2.12. The van der Waals surface area contributed by atoms with E-state index in [1.165, 1.54) is 0 Å². The summed E-state index contributed by atoms with van der Waals surface area (Å²) in [6.07, 6.45) is 0. The number of nitrogens with zero attached hydrogens (tertiary/aromatic N) is 3. The lowest BCUT2D eigenvalue weighted by Gasteiger charge is -2.11. The van der Waals surface area contributed by atoms with Gasteiger partial charge in [-0.1, -0.05) is 12.2 Å². The maximum atomic E-state index is 11.0. The van der Waals surface area contributed by atoms with Crippen LogP contribution < -0.4 is 5.32 Å². The molecule has 0 amide bonds. The predicted molar refractivity (Wildman–Crippen MR) is 67.3 cm³/mol. The van der Waals surface area contributed by atoms with Gasteiger partial charge in [-0.25, -0.2) is 4.68 Å². The topological polar surface area (TPSA) is 73.0 Å². The van der Waals surface area contributed by atoms with Gasteiger partial charge < -0.3 is 5.32 Å². The van der Waals surface area contributed by atoms with Crippen LogP contribution in [0.2, 0.25) is 0 Å². The molecule has 0 spiro atoms. The van der Waals surface area contributed by atoms with E-state index in [4.69, 9.17) is 0 Å². The fourth-order valence-corrected chi connectivity index (χ4v) is 1.53. The largest absolute Gasteiger partial charge is 0.361 e. The van der Waals surface area contributed by atoms with Gasteiger partial charge in [-0.2, -0.15) is 5.10 Å². The van der Waals surface area contributed by atoms with Crippen molar-refractivity contribution in [3.05, 3.63) is 28.0 Å². The zero-order valence-corrected chi connectivity index (χ0v) is 10.6. The van der Waals surface area contributed by atoms with Crippen molar-refractivity contribution in [2.75, 3.05) is 11.9 Å². The third-order valence-electron chi connectivity index (χ3n) is 2.28. The Morgan fingerprint density at radius 2 is 2.24 bits per heavy atom. The standard InChI is InChI=1S/C11H18N4O2/c1-7(2)6-12-11-10(15(16)17)9(5)13-14(11)8(3)4/h8,12H,1,6H2,2-5H3. The number of aromatic nitrogens is 2. The van der Waals surface area contributed by atoms with E-state index >= 15 is 0 Å². The van der Waals surface area contributed by atoms with Gasteiger partial charge in [0.15, 0.2) is 0 Å². The van der Waals surface area contributed by atoms with E-state index in [-0.39, 0.29) is 11.7 Å². The molecule has 1 aromatic rings. The van der Waals surface area contributed by atoms with Crippen molar-refractivity contribution in [2.24, 2.45) is 0 Å². The minimum absolute atomic E-state index is 0.0416. The fraction of sp³-hybridized carbons (Fsp3) is 0.545. The quantitative estimate of drug-likeness (QED) is 0.486. The molecule has 0 atom stereocenters. The Balaban J connectivity index is 3.20. The second-order valence-electron chi connectivity index (χ2n) is 4.39. The van der Waals surface area contributed by atoms with Crippen molar-refractivity contribution < 1.29 is 4.92 Å². The molecule has 0 aliphatic carbocycles. The highest BCUT2D eigenvalue weighted by Crippen LogP contribution is 2.30. The van der Waals surface area contributed by atoms with Gasteiger partial charge in [-0.05, 0) is 27.7 Å². The molecule has 0 bridgehead atoms. The summed E-state index contributed by atoms with van der Waals surface area (Å²) in [7, 11) is 0. The highest BCUT2D eigenvalue weighted by atomic mass is 16.6. The Morgan fingerprint density at radius 3 is 2.65 bits per heavy atom. The molecule has 94 valence electrons. The number of nitro groups is 1. The Hall–Kier alpha value is -1.85. The summed E-state index contributed by atoms with van der Waals surface area (Å²) in [5.74, 6) is 0.450. The Kier molecular flexibility index (Phi) is 3.88. The molecule has 6 heteroatoms. The molecule has 0 aliphatic heterocycles. The minimum Gasteiger partial charge on any atom is -0.361 e. The highest BCUT2D eigenvalue weighted by molar-refractivity contribution is 5.60. The van der Waals surface area contributed by atoms with Crippen LogP contribution in [0, 0.1) is 17.0 Å². The van der Waals surface area contributed by atoms with Gasteiger partial charge in [-0.3, -0.25) is 10.1 Å². The molecule has 0 aromatic carbocycles. The monoisotopic (exact) mass is 238 g/mol. The molecule has 1 N–H and O–H groups in total. The second-order valence-corrected chi connectivity index (χ2v) is 4.39. The number of hydrogen-bond donors (Lipinski definition) is 1. The van der Waals surface area contributed by atoms with Gasteiger partial charge in [0.25, 0.3) is 0 Å². The lowest BCUT2D eigenvalue weighted by atomic mass is 10.3. The first kappa shape index (κ1) is 13.2. The van der Waals surface area contributed by atoms with Crippen molar-refractivity contribution in [3.63, 3.8) is 0 Å². The van der Waals surface area contributed by atoms with E-state index in [1.807, 2.05) is 20.8 Å². The summed E-state index contributed by atoms with van der Waals surface area (Å²) >= 11 is 0. The van der Waals surface area contributed by atoms with E-state index in [2.05, 4.69) is 17.0 Å². The number of anilines is 1. The van der Waals surface area contributed by atoms with E-state index in [9.17, 15) is 10.1 Å². The SMILES string of the molecule is C=C(C)CNc1c([N+](=O)[O-])c(C)nn1C(C)C. The predicted octanol–water partition coefficient (Wildman–Crippen LogP) is 2.67. The summed E-state index contributed by atoms with van der Waals surface area (Å²) in [5, 5.41) is 18.2. The maximum absolute atomic E-state index is 11.0. The first-order chi connectivity index (χ1) is 7.84. The summed E-state index contributed by atoms with van der Waals surface area (Å²) in [5.41, 5.74) is 1.38. The van der Waals surface area contributed by atoms with Gasteiger partial charge in [0, 0.05) is 12.6 Å². The molecular formula is C11H18N4O2. The molecule has 0 saturated carbocycles. The number of rotatable bonds is 5. The Bertz CT molecular complexity index is 449. The average Bonchev–Trinajstić information content (AvgIpc) is 2.52. The number of nitrogens with one attached hydrogen (secondary N) is 1. The van der Waals surface area contributed by atoms with Crippen molar-refractivity contribution in [3.8, 4) is 0 Å². The van der Waals surface area contributed by atoms with Crippen LogP contribution in [-0.2, 0) is 0 Å². The number of hydrogen-bond acceptors (Lipinski definition) is 4. The molecule has 0 saturated heterocycles. The number of aryl methyl sites for hydroxylation is 1. The molecule has 0 fully saturated rings. The third kappa shape index (κ3) is 2.83. The third-order valence-corrected chi connectivity index (χ3v) is 2.28. The molecule has 0 radical (unpaired) electrons. The van der Waals surface area contributed by atoms with Crippen molar-refractivity contribution in [1.29, 1.82) is 0 Å². The van der Waals surface area contributed by atoms with Crippen LogP contribution in [0.1, 0.15) is 32.5 Å². The normalized spacial score (nSPS) is 10.6. The summed E-state index contributed by atoms with van der Waals surface area (Å²) in [6.45, 7) is 11.6. The minimum atomic E-state index is -0.401. The highest BCUT2D eigenvalue weighted by Gasteiger charge is 2.25.